The van der Waals surface area contributed by atoms with E-state index in [0.717, 1.165) is 18.5 Å². The molecule has 132 valence electrons. The van der Waals surface area contributed by atoms with Crippen molar-refractivity contribution in [2.75, 3.05) is 11.9 Å². The maximum absolute atomic E-state index is 12.1. The van der Waals surface area contributed by atoms with E-state index in [4.69, 9.17) is 11.6 Å². The van der Waals surface area contributed by atoms with Crippen LogP contribution in [0.25, 0.3) is 0 Å². The number of carbonyl (C=O) groups is 1. The fourth-order valence-corrected chi connectivity index (χ4v) is 2.63. The third-order valence-corrected chi connectivity index (χ3v) is 4.13. The summed E-state index contributed by atoms with van der Waals surface area (Å²) in [7, 11) is 0. The Labute approximate surface area is 157 Å². The molecule has 0 bridgehead atoms. The largest absolute Gasteiger partial charge is 0.351 e. The molecule has 0 radical (unpaired) electrons. The predicted octanol–water partition coefficient (Wildman–Crippen LogP) is 4.24. The highest BCUT2D eigenvalue weighted by Gasteiger charge is 2.08. The highest BCUT2D eigenvalue weighted by molar-refractivity contribution is 6.33. The van der Waals surface area contributed by atoms with E-state index in [1.165, 1.54) is 5.56 Å². The molecule has 0 saturated carbocycles. The van der Waals surface area contributed by atoms with Crippen molar-refractivity contribution in [1.82, 2.24) is 15.5 Å². The van der Waals surface area contributed by atoms with Crippen LogP contribution in [-0.2, 0) is 6.42 Å². The second kappa shape index (κ2) is 8.97. The van der Waals surface area contributed by atoms with E-state index in [1.807, 2.05) is 36.4 Å². The Kier molecular flexibility index (Phi) is 6.17. The number of nitrogens with zero attached hydrogens (tertiary/aromatic N) is 2. The number of halogens is 1. The quantitative estimate of drug-likeness (QED) is 0.614. The molecule has 0 aliphatic heterocycles. The van der Waals surface area contributed by atoms with Crippen molar-refractivity contribution in [3.8, 4) is 0 Å². The average molecular weight is 367 g/mol. The van der Waals surface area contributed by atoms with Crippen LogP contribution in [0.15, 0.2) is 66.7 Å². The highest BCUT2D eigenvalue weighted by Crippen LogP contribution is 2.23. The van der Waals surface area contributed by atoms with Gasteiger partial charge in [0, 0.05) is 6.54 Å². The normalized spacial score (nSPS) is 10.3. The third-order valence-electron chi connectivity index (χ3n) is 3.80. The smallest absolute Gasteiger partial charge is 0.271 e. The van der Waals surface area contributed by atoms with Crippen LogP contribution in [0.4, 0.5) is 11.5 Å². The van der Waals surface area contributed by atoms with Gasteiger partial charge in [-0.15, -0.1) is 10.2 Å². The number of nitrogens with one attached hydrogen (secondary N) is 2. The standard InChI is InChI=1S/C20H19ClN4O/c21-16-10-4-5-11-17(16)23-19-13-12-18(24-25-19)20(26)22-14-6-9-15-7-2-1-3-8-15/h1-5,7-8,10-13H,6,9,14H2,(H,22,26)(H,23,25). The molecule has 3 aromatic rings. The number of benzene rings is 2. The van der Waals surface area contributed by atoms with Crippen LogP contribution in [0.2, 0.25) is 5.02 Å². The summed E-state index contributed by atoms with van der Waals surface area (Å²) in [6.07, 6.45) is 1.79. The number of hydrogen-bond donors (Lipinski definition) is 2. The first kappa shape index (κ1) is 17.9. The molecule has 6 heteroatoms. The monoisotopic (exact) mass is 366 g/mol. The van der Waals surface area contributed by atoms with Crippen molar-refractivity contribution in [2.24, 2.45) is 0 Å². The minimum absolute atomic E-state index is 0.227. The molecule has 0 fully saturated rings. The lowest BCUT2D eigenvalue weighted by atomic mass is 10.1. The second-order valence-corrected chi connectivity index (χ2v) is 6.16. The summed E-state index contributed by atoms with van der Waals surface area (Å²) < 4.78 is 0. The summed E-state index contributed by atoms with van der Waals surface area (Å²) in [5.74, 6) is 0.300. The topological polar surface area (TPSA) is 66.9 Å². The Morgan fingerprint density at radius 2 is 1.69 bits per heavy atom. The Balaban J connectivity index is 1.48. The van der Waals surface area contributed by atoms with E-state index >= 15 is 0 Å². The molecule has 1 heterocycles. The fraction of sp³-hybridized carbons (Fsp3) is 0.150. The molecule has 0 spiro atoms. The van der Waals surface area contributed by atoms with Crippen LogP contribution in [0.5, 0.6) is 0 Å². The first-order chi connectivity index (χ1) is 12.7. The van der Waals surface area contributed by atoms with Crippen molar-refractivity contribution in [2.45, 2.75) is 12.8 Å². The third kappa shape index (κ3) is 5.04. The van der Waals surface area contributed by atoms with Crippen LogP contribution < -0.4 is 10.6 Å². The molecular weight excluding hydrogens is 348 g/mol. The number of aromatic nitrogens is 2. The molecule has 2 N–H and O–H groups in total. The van der Waals surface area contributed by atoms with Gasteiger partial charge in [-0.25, -0.2) is 0 Å². The molecule has 1 amide bonds. The Bertz CT molecular complexity index is 853. The minimum atomic E-state index is -0.227. The molecular formula is C20H19ClN4O. The van der Waals surface area contributed by atoms with Gasteiger partial charge in [-0.1, -0.05) is 54.1 Å². The molecule has 0 atom stereocenters. The molecule has 0 aliphatic rings. The van der Waals surface area contributed by atoms with E-state index < -0.39 is 0 Å². The van der Waals surface area contributed by atoms with E-state index in [1.54, 1.807) is 18.2 Å². The van der Waals surface area contributed by atoms with E-state index in [0.29, 0.717) is 17.4 Å². The van der Waals surface area contributed by atoms with Gasteiger partial charge in [0.15, 0.2) is 11.5 Å². The number of para-hydroxylation sites is 1. The summed E-state index contributed by atoms with van der Waals surface area (Å²) in [5, 5.41) is 14.5. The number of anilines is 2. The number of aryl methyl sites for hydroxylation is 1. The maximum atomic E-state index is 12.1. The molecule has 26 heavy (non-hydrogen) atoms. The van der Waals surface area contributed by atoms with Crippen LogP contribution in [0, 0.1) is 0 Å². The van der Waals surface area contributed by atoms with Gasteiger partial charge in [-0.05, 0) is 42.7 Å². The Morgan fingerprint density at radius 3 is 2.42 bits per heavy atom. The van der Waals surface area contributed by atoms with E-state index in [2.05, 4.69) is 33.0 Å². The van der Waals surface area contributed by atoms with Gasteiger partial charge in [-0.2, -0.15) is 0 Å². The van der Waals surface area contributed by atoms with Gasteiger partial charge in [-0.3, -0.25) is 4.79 Å². The molecule has 1 aromatic heterocycles. The molecule has 0 saturated heterocycles. The lowest BCUT2D eigenvalue weighted by Gasteiger charge is -2.08. The number of amides is 1. The maximum Gasteiger partial charge on any atom is 0.271 e. The van der Waals surface area contributed by atoms with Gasteiger partial charge in [0.25, 0.3) is 5.91 Å². The average Bonchev–Trinajstić information content (AvgIpc) is 2.68. The lowest BCUT2D eigenvalue weighted by molar-refractivity contribution is 0.0947. The lowest BCUT2D eigenvalue weighted by Crippen LogP contribution is -2.26. The number of carbonyl (C=O) groups excluding carboxylic acids is 1. The van der Waals surface area contributed by atoms with Gasteiger partial charge in [0.05, 0.1) is 10.7 Å². The van der Waals surface area contributed by atoms with Crippen molar-refractivity contribution in [3.05, 3.63) is 83.0 Å². The zero-order chi connectivity index (χ0) is 18.2. The molecule has 3 rings (SSSR count). The van der Waals surface area contributed by atoms with Crippen molar-refractivity contribution in [1.29, 1.82) is 0 Å². The van der Waals surface area contributed by atoms with Crippen molar-refractivity contribution < 1.29 is 4.79 Å². The fourth-order valence-electron chi connectivity index (χ4n) is 2.45. The van der Waals surface area contributed by atoms with E-state index in [-0.39, 0.29) is 11.6 Å². The SMILES string of the molecule is O=C(NCCCc1ccccc1)c1ccc(Nc2ccccc2Cl)nn1. The number of hydrogen-bond acceptors (Lipinski definition) is 4. The summed E-state index contributed by atoms with van der Waals surface area (Å²) in [4.78, 5) is 12.1. The van der Waals surface area contributed by atoms with Crippen LogP contribution >= 0.6 is 11.6 Å². The zero-order valence-corrected chi connectivity index (χ0v) is 14.9. The Morgan fingerprint density at radius 1 is 0.923 bits per heavy atom. The molecule has 0 unspecified atom stereocenters. The minimum Gasteiger partial charge on any atom is -0.351 e. The van der Waals surface area contributed by atoms with Crippen LogP contribution in [0.1, 0.15) is 22.5 Å². The van der Waals surface area contributed by atoms with Crippen LogP contribution in [0.3, 0.4) is 0 Å². The van der Waals surface area contributed by atoms with Gasteiger partial charge in [0.2, 0.25) is 0 Å². The molecule has 2 aromatic carbocycles. The number of rotatable bonds is 7. The first-order valence-corrected chi connectivity index (χ1v) is 8.77. The Hall–Kier alpha value is -2.92. The first-order valence-electron chi connectivity index (χ1n) is 8.40. The van der Waals surface area contributed by atoms with Crippen molar-refractivity contribution in [3.63, 3.8) is 0 Å². The molecule has 0 aliphatic carbocycles. The van der Waals surface area contributed by atoms with Gasteiger partial charge >= 0.3 is 0 Å². The van der Waals surface area contributed by atoms with E-state index in [9.17, 15) is 4.79 Å². The molecule has 5 nitrogen and oxygen atoms in total. The highest BCUT2D eigenvalue weighted by atomic mass is 35.5. The summed E-state index contributed by atoms with van der Waals surface area (Å²) in [6, 6.07) is 20.9. The van der Waals surface area contributed by atoms with Gasteiger partial charge < -0.3 is 10.6 Å². The zero-order valence-electron chi connectivity index (χ0n) is 14.2. The van der Waals surface area contributed by atoms with Gasteiger partial charge in [0.1, 0.15) is 0 Å². The second-order valence-electron chi connectivity index (χ2n) is 5.75. The van der Waals surface area contributed by atoms with Crippen LogP contribution in [-0.4, -0.2) is 22.6 Å². The summed E-state index contributed by atoms with van der Waals surface area (Å²) in [6.45, 7) is 0.592. The summed E-state index contributed by atoms with van der Waals surface area (Å²) >= 11 is 6.10. The van der Waals surface area contributed by atoms with Crippen molar-refractivity contribution >= 4 is 29.0 Å². The summed E-state index contributed by atoms with van der Waals surface area (Å²) in [5.41, 5.74) is 2.28. The predicted molar refractivity (Wildman–Crippen MR) is 104 cm³/mol.